The maximum absolute atomic E-state index is 5.68. The molecule has 0 bridgehead atoms. The van der Waals surface area contributed by atoms with Gasteiger partial charge in [0, 0.05) is 13.2 Å². The van der Waals surface area contributed by atoms with Gasteiger partial charge in [-0.2, -0.15) is 5.10 Å². The van der Waals surface area contributed by atoms with Crippen molar-refractivity contribution in [3.63, 3.8) is 0 Å². The highest BCUT2D eigenvalue weighted by Gasteiger charge is 2.18. The van der Waals surface area contributed by atoms with Crippen LogP contribution in [0.1, 0.15) is 43.3 Å². The minimum absolute atomic E-state index is 0.0684. The number of aryl methyl sites for hydroxylation is 2. The van der Waals surface area contributed by atoms with Gasteiger partial charge in [-0.1, -0.05) is 13.8 Å². The van der Waals surface area contributed by atoms with Gasteiger partial charge in [-0.15, -0.1) is 0 Å². The second kappa shape index (κ2) is 7.22. The average molecular weight is 288 g/mol. The summed E-state index contributed by atoms with van der Waals surface area (Å²) in [5.74, 6) is 0.816. The van der Waals surface area contributed by atoms with E-state index >= 15 is 0 Å². The van der Waals surface area contributed by atoms with E-state index in [1.807, 2.05) is 24.9 Å². The fraction of sp³-hybridized carbons (Fsp3) is 0.500. The Morgan fingerprint density at radius 3 is 2.71 bits per heavy atom. The molecule has 2 aromatic heterocycles. The lowest BCUT2D eigenvalue weighted by Gasteiger charge is -2.19. The number of pyridine rings is 1. The van der Waals surface area contributed by atoms with E-state index in [-0.39, 0.29) is 6.04 Å². The SMILES string of the molecule is CCCOc1cncc(C(NCC)c2cc(C)nn2C)c1. The minimum atomic E-state index is 0.0684. The van der Waals surface area contributed by atoms with Gasteiger partial charge in [-0.25, -0.2) is 0 Å². The number of rotatable bonds is 7. The zero-order valence-corrected chi connectivity index (χ0v) is 13.3. The molecule has 21 heavy (non-hydrogen) atoms. The number of ether oxygens (including phenoxy) is 1. The van der Waals surface area contributed by atoms with Crippen molar-refractivity contribution in [2.75, 3.05) is 13.2 Å². The van der Waals surface area contributed by atoms with Crippen molar-refractivity contribution in [1.82, 2.24) is 20.1 Å². The zero-order chi connectivity index (χ0) is 15.2. The summed E-state index contributed by atoms with van der Waals surface area (Å²) in [5, 5.41) is 7.93. The van der Waals surface area contributed by atoms with Crippen LogP contribution >= 0.6 is 0 Å². The third-order valence-electron chi connectivity index (χ3n) is 3.28. The van der Waals surface area contributed by atoms with E-state index in [1.165, 1.54) is 0 Å². The third-order valence-corrected chi connectivity index (χ3v) is 3.28. The summed E-state index contributed by atoms with van der Waals surface area (Å²) in [4.78, 5) is 4.31. The molecule has 0 aliphatic rings. The highest BCUT2D eigenvalue weighted by Crippen LogP contribution is 2.24. The standard InChI is InChI=1S/C16H24N4O/c1-5-7-21-14-9-13(10-17-11-14)16(18-6-2)15-8-12(3)19-20(15)4/h8-11,16,18H,5-7H2,1-4H3. The molecule has 5 nitrogen and oxygen atoms in total. The normalized spacial score (nSPS) is 12.4. The minimum Gasteiger partial charge on any atom is -0.492 e. The maximum Gasteiger partial charge on any atom is 0.137 e. The van der Waals surface area contributed by atoms with Crippen LogP contribution in [-0.2, 0) is 7.05 Å². The first-order valence-corrected chi connectivity index (χ1v) is 7.47. The molecular formula is C16H24N4O. The monoisotopic (exact) mass is 288 g/mol. The van der Waals surface area contributed by atoms with Crippen LogP contribution in [0, 0.1) is 6.92 Å². The van der Waals surface area contributed by atoms with Gasteiger partial charge in [0.2, 0.25) is 0 Å². The first kappa shape index (κ1) is 15.5. The number of nitrogens with zero attached hydrogens (tertiary/aromatic N) is 3. The Labute approximate surface area is 126 Å². The molecule has 5 heteroatoms. The quantitative estimate of drug-likeness (QED) is 0.851. The second-order valence-corrected chi connectivity index (χ2v) is 5.13. The smallest absolute Gasteiger partial charge is 0.137 e. The molecule has 0 amide bonds. The summed E-state index contributed by atoms with van der Waals surface area (Å²) in [7, 11) is 1.97. The van der Waals surface area contributed by atoms with Crippen LogP contribution in [0.5, 0.6) is 5.75 Å². The predicted molar refractivity (Wildman–Crippen MR) is 83.5 cm³/mol. The van der Waals surface area contributed by atoms with E-state index < -0.39 is 0 Å². The van der Waals surface area contributed by atoms with Crippen molar-refractivity contribution in [2.45, 2.75) is 33.2 Å². The molecule has 2 aromatic rings. The van der Waals surface area contributed by atoms with E-state index in [0.717, 1.165) is 35.7 Å². The van der Waals surface area contributed by atoms with Crippen LogP contribution in [0.3, 0.4) is 0 Å². The highest BCUT2D eigenvalue weighted by atomic mass is 16.5. The molecule has 0 spiro atoms. The summed E-state index contributed by atoms with van der Waals surface area (Å²) in [5.41, 5.74) is 3.24. The van der Waals surface area contributed by atoms with Crippen LogP contribution in [0.25, 0.3) is 0 Å². The molecule has 1 atom stereocenters. The second-order valence-electron chi connectivity index (χ2n) is 5.13. The van der Waals surface area contributed by atoms with Gasteiger partial charge in [-0.3, -0.25) is 9.67 Å². The number of hydrogen-bond acceptors (Lipinski definition) is 4. The van der Waals surface area contributed by atoms with Crippen molar-refractivity contribution in [2.24, 2.45) is 7.05 Å². The summed E-state index contributed by atoms with van der Waals surface area (Å²) in [6.45, 7) is 7.78. The predicted octanol–water partition coefficient (Wildman–Crippen LogP) is 2.61. The van der Waals surface area contributed by atoms with Crippen molar-refractivity contribution in [3.8, 4) is 5.75 Å². The summed E-state index contributed by atoms with van der Waals surface area (Å²) < 4.78 is 7.60. The van der Waals surface area contributed by atoms with Crippen molar-refractivity contribution in [1.29, 1.82) is 0 Å². The average Bonchev–Trinajstić information content (AvgIpc) is 2.81. The number of nitrogens with one attached hydrogen (secondary N) is 1. The lowest BCUT2D eigenvalue weighted by atomic mass is 10.1. The van der Waals surface area contributed by atoms with Gasteiger partial charge < -0.3 is 10.1 Å². The lowest BCUT2D eigenvalue weighted by molar-refractivity contribution is 0.315. The van der Waals surface area contributed by atoms with E-state index in [4.69, 9.17) is 4.74 Å². The van der Waals surface area contributed by atoms with Gasteiger partial charge in [-0.05, 0) is 37.6 Å². The molecule has 0 aliphatic carbocycles. The molecular weight excluding hydrogens is 264 g/mol. The molecule has 1 N–H and O–H groups in total. The van der Waals surface area contributed by atoms with E-state index in [2.05, 4.69) is 41.4 Å². The third kappa shape index (κ3) is 3.82. The van der Waals surface area contributed by atoms with Crippen LogP contribution < -0.4 is 10.1 Å². The molecule has 0 radical (unpaired) electrons. The van der Waals surface area contributed by atoms with Crippen molar-refractivity contribution >= 4 is 0 Å². The molecule has 1 unspecified atom stereocenters. The van der Waals surface area contributed by atoms with Gasteiger partial charge in [0.1, 0.15) is 5.75 Å². The Hall–Kier alpha value is -1.88. The fourth-order valence-electron chi connectivity index (χ4n) is 2.39. The van der Waals surface area contributed by atoms with Crippen LogP contribution in [0.4, 0.5) is 0 Å². The zero-order valence-electron chi connectivity index (χ0n) is 13.3. The fourth-order valence-corrected chi connectivity index (χ4v) is 2.39. The highest BCUT2D eigenvalue weighted by molar-refractivity contribution is 5.32. The molecule has 2 rings (SSSR count). The molecule has 114 valence electrons. The number of aromatic nitrogens is 3. The lowest BCUT2D eigenvalue weighted by Crippen LogP contribution is -2.24. The Morgan fingerprint density at radius 2 is 2.10 bits per heavy atom. The Morgan fingerprint density at radius 1 is 1.29 bits per heavy atom. The first-order valence-electron chi connectivity index (χ1n) is 7.47. The Balaban J connectivity index is 2.31. The van der Waals surface area contributed by atoms with Crippen LogP contribution in [-0.4, -0.2) is 27.9 Å². The summed E-state index contributed by atoms with van der Waals surface area (Å²) in [6.07, 6.45) is 4.63. The van der Waals surface area contributed by atoms with Gasteiger partial charge in [0.15, 0.2) is 0 Å². The van der Waals surface area contributed by atoms with E-state index in [1.54, 1.807) is 6.20 Å². The molecule has 0 saturated carbocycles. The van der Waals surface area contributed by atoms with Crippen molar-refractivity contribution < 1.29 is 4.74 Å². The summed E-state index contributed by atoms with van der Waals surface area (Å²) in [6, 6.07) is 4.23. The maximum atomic E-state index is 5.68. The Kier molecular flexibility index (Phi) is 5.33. The van der Waals surface area contributed by atoms with Crippen molar-refractivity contribution in [3.05, 3.63) is 41.5 Å². The Bertz CT molecular complexity index is 579. The number of hydrogen-bond donors (Lipinski definition) is 1. The van der Waals surface area contributed by atoms with Gasteiger partial charge in [0.05, 0.1) is 30.2 Å². The van der Waals surface area contributed by atoms with Gasteiger partial charge >= 0.3 is 0 Å². The topological polar surface area (TPSA) is 52.0 Å². The van der Waals surface area contributed by atoms with Crippen LogP contribution in [0.2, 0.25) is 0 Å². The summed E-state index contributed by atoms with van der Waals surface area (Å²) >= 11 is 0. The van der Waals surface area contributed by atoms with E-state index in [0.29, 0.717) is 6.61 Å². The van der Waals surface area contributed by atoms with Gasteiger partial charge in [0.25, 0.3) is 0 Å². The molecule has 0 aliphatic heterocycles. The largest absolute Gasteiger partial charge is 0.492 e. The van der Waals surface area contributed by atoms with Crippen LogP contribution in [0.15, 0.2) is 24.5 Å². The molecule has 0 fully saturated rings. The molecule has 2 heterocycles. The molecule has 0 aromatic carbocycles. The van der Waals surface area contributed by atoms with E-state index in [9.17, 15) is 0 Å². The molecule has 0 saturated heterocycles. The first-order chi connectivity index (χ1) is 10.2.